The number of nitrogens with zero attached hydrogens (tertiary/aromatic N) is 1. The summed E-state index contributed by atoms with van der Waals surface area (Å²) in [5.41, 5.74) is 11.9. The second kappa shape index (κ2) is 11.0. The lowest BCUT2D eigenvalue weighted by atomic mass is 9.80. The van der Waals surface area contributed by atoms with E-state index in [1.165, 1.54) is 16.7 Å². The van der Waals surface area contributed by atoms with Crippen LogP contribution in [-0.4, -0.2) is 10.9 Å². The summed E-state index contributed by atoms with van der Waals surface area (Å²) in [4.78, 5) is 16.2. The Hall–Kier alpha value is -3.66. The minimum atomic E-state index is -0.372. The van der Waals surface area contributed by atoms with Crippen molar-refractivity contribution in [2.24, 2.45) is 11.7 Å². The van der Waals surface area contributed by atoms with Crippen LogP contribution in [0.3, 0.4) is 0 Å². The van der Waals surface area contributed by atoms with E-state index in [-0.39, 0.29) is 5.91 Å². The molecule has 174 valence electrons. The van der Waals surface area contributed by atoms with E-state index in [9.17, 15) is 4.79 Å². The molecular formula is C30H32N2O2. The van der Waals surface area contributed by atoms with Crippen LogP contribution in [0.15, 0.2) is 78.9 Å². The summed E-state index contributed by atoms with van der Waals surface area (Å²) >= 11 is 0. The molecule has 0 radical (unpaired) electrons. The molecule has 4 heteroatoms. The van der Waals surface area contributed by atoms with E-state index in [4.69, 9.17) is 15.5 Å². The van der Waals surface area contributed by atoms with Gasteiger partial charge in [-0.1, -0.05) is 56.3 Å². The van der Waals surface area contributed by atoms with Gasteiger partial charge in [0, 0.05) is 10.9 Å². The third kappa shape index (κ3) is 5.63. The lowest BCUT2D eigenvalue weighted by molar-refractivity contribution is 0.1000. The summed E-state index contributed by atoms with van der Waals surface area (Å²) in [7, 11) is 0. The van der Waals surface area contributed by atoms with E-state index in [1.54, 1.807) is 6.07 Å². The number of pyridine rings is 1. The quantitative estimate of drug-likeness (QED) is 0.374. The number of fused-ring (bicyclic) bond motifs is 2. The zero-order valence-corrected chi connectivity index (χ0v) is 20.0. The number of carbonyl (C=O) groups is 1. The molecule has 34 heavy (non-hydrogen) atoms. The number of hydrogen-bond acceptors (Lipinski definition) is 3. The topological polar surface area (TPSA) is 65.2 Å². The van der Waals surface area contributed by atoms with Crippen LogP contribution in [0.2, 0.25) is 0 Å². The fraction of sp³-hybridized carbons (Fsp3) is 0.267. The molecule has 0 saturated heterocycles. The van der Waals surface area contributed by atoms with Crippen LogP contribution in [0.1, 0.15) is 53.0 Å². The number of rotatable bonds is 6. The molecule has 0 fully saturated rings. The van der Waals surface area contributed by atoms with Gasteiger partial charge in [-0.05, 0) is 84.7 Å². The molecule has 1 unspecified atom stereocenters. The molecule has 4 nitrogen and oxygen atoms in total. The second-order valence-electron chi connectivity index (χ2n) is 8.59. The van der Waals surface area contributed by atoms with Crippen molar-refractivity contribution in [3.63, 3.8) is 0 Å². The molecule has 1 atom stereocenters. The summed E-state index contributed by atoms with van der Waals surface area (Å²) in [6.45, 7) is 4.45. The van der Waals surface area contributed by atoms with Crippen molar-refractivity contribution in [1.82, 2.24) is 4.98 Å². The first-order chi connectivity index (χ1) is 16.6. The summed E-state index contributed by atoms with van der Waals surface area (Å²) in [5.74, 6) is 1.06. The summed E-state index contributed by atoms with van der Waals surface area (Å²) in [6.07, 6.45) is 4.19. The minimum Gasteiger partial charge on any atom is -0.487 e. The molecule has 1 amide bonds. The molecular weight excluding hydrogens is 420 g/mol. The van der Waals surface area contributed by atoms with Gasteiger partial charge in [0.05, 0.1) is 11.2 Å². The largest absolute Gasteiger partial charge is 0.487 e. The molecule has 0 saturated carbocycles. The number of aryl methyl sites for hydroxylation is 1. The smallest absolute Gasteiger partial charge is 0.248 e. The molecule has 1 aliphatic rings. The zero-order valence-electron chi connectivity index (χ0n) is 20.0. The predicted molar refractivity (Wildman–Crippen MR) is 138 cm³/mol. The summed E-state index contributed by atoms with van der Waals surface area (Å²) < 4.78 is 6.09. The third-order valence-corrected chi connectivity index (χ3v) is 6.29. The maximum atomic E-state index is 11.5. The molecule has 0 aliphatic heterocycles. The van der Waals surface area contributed by atoms with Crippen molar-refractivity contribution in [1.29, 1.82) is 0 Å². The maximum absolute atomic E-state index is 11.5. The van der Waals surface area contributed by atoms with Crippen molar-refractivity contribution < 1.29 is 9.53 Å². The van der Waals surface area contributed by atoms with E-state index in [0.29, 0.717) is 18.1 Å². The van der Waals surface area contributed by atoms with E-state index in [1.807, 2.05) is 50.2 Å². The molecule has 4 aromatic rings. The number of aromatic nitrogens is 1. The lowest BCUT2D eigenvalue weighted by Gasteiger charge is -2.25. The van der Waals surface area contributed by atoms with Gasteiger partial charge in [0.25, 0.3) is 0 Å². The minimum absolute atomic E-state index is 0.372. The van der Waals surface area contributed by atoms with Gasteiger partial charge in [-0.3, -0.25) is 4.79 Å². The number of amides is 1. The Bertz CT molecular complexity index is 1280. The second-order valence-corrected chi connectivity index (χ2v) is 8.59. The first-order valence-electron chi connectivity index (χ1n) is 12.1. The van der Waals surface area contributed by atoms with Crippen LogP contribution in [0.5, 0.6) is 5.75 Å². The van der Waals surface area contributed by atoms with Crippen LogP contribution in [0, 0.1) is 5.92 Å². The highest BCUT2D eigenvalue weighted by Crippen LogP contribution is 2.31. The maximum Gasteiger partial charge on any atom is 0.248 e. The molecule has 5 rings (SSSR count). The third-order valence-electron chi connectivity index (χ3n) is 6.29. The Kier molecular flexibility index (Phi) is 7.58. The van der Waals surface area contributed by atoms with Crippen molar-refractivity contribution >= 4 is 16.8 Å². The zero-order chi connectivity index (χ0) is 23.9. The molecule has 0 bridgehead atoms. The van der Waals surface area contributed by atoms with E-state index >= 15 is 0 Å². The van der Waals surface area contributed by atoms with E-state index in [0.717, 1.165) is 48.0 Å². The first kappa shape index (κ1) is 23.5. The van der Waals surface area contributed by atoms with E-state index < -0.39 is 0 Å². The highest BCUT2D eigenvalue weighted by molar-refractivity contribution is 5.92. The first-order valence-corrected chi connectivity index (χ1v) is 12.1. The average molecular weight is 453 g/mol. The van der Waals surface area contributed by atoms with Crippen LogP contribution >= 0.6 is 0 Å². The van der Waals surface area contributed by atoms with E-state index in [2.05, 4.69) is 36.4 Å². The molecule has 1 heterocycles. The fourth-order valence-electron chi connectivity index (χ4n) is 4.60. The van der Waals surface area contributed by atoms with Crippen LogP contribution in [-0.2, 0) is 25.9 Å². The van der Waals surface area contributed by atoms with Crippen molar-refractivity contribution in [3.05, 3.63) is 107 Å². The average Bonchev–Trinajstić information content (AvgIpc) is 2.88. The van der Waals surface area contributed by atoms with Gasteiger partial charge in [-0.15, -0.1) is 0 Å². The Morgan fingerprint density at radius 2 is 1.82 bits per heavy atom. The van der Waals surface area contributed by atoms with Crippen LogP contribution < -0.4 is 10.5 Å². The number of ether oxygens (including phenoxy) is 1. The van der Waals surface area contributed by atoms with Gasteiger partial charge in [-0.2, -0.15) is 0 Å². The van der Waals surface area contributed by atoms with Gasteiger partial charge in [0.1, 0.15) is 12.4 Å². The highest BCUT2D eigenvalue weighted by atomic mass is 16.5. The SMILES string of the molecule is CC.NC(=O)c1cccc(CC2CCc3ccc(OCc4ccc5ccccc5n4)cc3C2)c1. The van der Waals surface area contributed by atoms with Crippen molar-refractivity contribution in [3.8, 4) is 5.75 Å². The van der Waals surface area contributed by atoms with Crippen LogP contribution in [0.4, 0.5) is 0 Å². The number of carbonyl (C=O) groups excluding carboxylic acids is 1. The predicted octanol–water partition coefficient (Wildman–Crippen LogP) is 6.29. The summed E-state index contributed by atoms with van der Waals surface area (Å²) in [5, 5.41) is 1.14. The molecule has 3 aromatic carbocycles. The fourth-order valence-corrected chi connectivity index (χ4v) is 4.60. The number of para-hydroxylation sites is 1. The van der Waals surface area contributed by atoms with Gasteiger partial charge < -0.3 is 10.5 Å². The molecule has 1 aliphatic carbocycles. The van der Waals surface area contributed by atoms with Crippen molar-refractivity contribution in [2.75, 3.05) is 0 Å². The van der Waals surface area contributed by atoms with Gasteiger partial charge in [0.2, 0.25) is 5.91 Å². The Balaban J connectivity index is 0.00000133. The number of primary amides is 1. The van der Waals surface area contributed by atoms with Gasteiger partial charge in [0.15, 0.2) is 0 Å². The van der Waals surface area contributed by atoms with Gasteiger partial charge >= 0.3 is 0 Å². The molecule has 2 N–H and O–H groups in total. The Morgan fingerprint density at radius 3 is 2.68 bits per heavy atom. The summed E-state index contributed by atoms with van der Waals surface area (Å²) in [6, 6.07) is 26.4. The molecule has 0 spiro atoms. The monoisotopic (exact) mass is 452 g/mol. The van der Waals surface area contributed by atoms with Gasteiger partial charge in [-0.25, -0.2) is 4.98 Å². The normalized spacial score (nSPS) is 14.6. The number of hydrogen-bond donors (Lipinski definition) is 1. The molecule has 1 aromatic heterocycles. The lowest BCUT2D eigenvalue weighted by Crippen LogP contribution is -2.17. The standard InChI is InChI=1S/C28H26N2O2.C2H6/c29-28(31)23-6-3-4-19(15-23)14-20-8-9-21-11-13-26(17-24(21)16-20)32-18-25-12-10-22-5-1-2-7-27(22)30-25;1-2/h1-7,10-13,15,17,20H,8-9,14,16,18H2,(H2,29,31);1-2H3. The Morgan fingerprint density at radius 1 is 0.971 bits per heavy atom. The highest BCUT2D eigenvalue weighted by Gasteiger charge is 2.20. The van der Waals surface area contributed by atoms with Crippen molar-refractivity contribution in [2.45, 2.75) is 46.1 Å². The Labute approximate surface area is 201 Å². The van der Waals surface area contributed by atoms with Crippen LogP contribution in [0.25, 0.3) is 10.9 Å². The number of benzene rings is 3. The number of nitrogens with two attached hydrogens (primary N) is 1.